The Bertz CT molecular complexity index is 895. The Labute approximate surface area is 121 Å². The first-order valence-corrected chi connectivity index (χ1v) is 6.73. The van der Waals surface area contributed by atoms with E-state index in [1.807, 2.05) is 24.4 Å². The third kappa shape index (κ3) is 1.65. The molecule has 1 heterocycles. The highest BCUT2D eigenvalue weighted by molar-refractivity contribution is 6.24. The molecule has 0 radical (unpaired) electrons. The van der Waals surface area contributed by atoms with E-state index in [9.17, 15) is 0 Å². The van der Waals surface area contributed by atoms with Crippen molar-refractivity contribution in [3.63, 3.8) is 0 Å². The van der Waals surface area contributed by atoms with Crippen LogP contribution in [0.5, 0.6) is 11.5 Å². The molecule has 0 amide bonds. The maximum Gasteiger partial charge on any atom is 0.119 e. The number of methoxy groups -OCH3 is 2. The second kappa shape index (κ2) is 4.38. The molecule has 0 spiro atoms. The molecule has 104 valence electrons. The first-order chi connectivity index (χ1) is 10.3. The maximum atomic E-state index is 5.37. The van der Waals surface area contributed by atoms with Crippen LogP contribution in [0.2, 0.25) is 0 Å². The van der Waals surface area contributed by atoms with E-state index < -0.39 is 0 Å². The Balaban J connectivity index is 2.28. The number of hydrogen-bond acceptors (Lipinski definition) is 3. The Morgan fingerprint density at radius 1 is 0.762 bits per heavy atom. The topological polar surface area (TPSA) is 47.1 Å². The number of H-pyrrole nitrogens is 1. The highest BCUT2D eigenvalue weighted by Crippen LogP contribution is 2.37. The van der Waals surface area contributed by atoms with Gasteiger partial charge in [0.1, 0.15) is 17.0 Å². The average molecular weight is 278 g/mol. The number of rotatable bonds is 2. The second-order valence-electron chi connectivity index (χ2n) is 4.97. The van der Waals surface area contributed by atoms with Gasteiger partial charge in [0.25, 0.3) is 0 Å². The van der Waals surface area contributed by atoms with Crippen LogP contribution in [0.4, 0.5) is 0 Å². The molecule has 0 saturated carbocycles. The molecular weight excluding hydrogens is 264 g/mol. The smallest absolute Gasteiger partial charge is 0.119 e. The minimum Gasteiger partial charge on any atom is -0.497 e. The fourth-order valence-corrected chi connectivity index (χ4v) is 2.89. The van der Waals surface area contributed by atoms with Crippen LogP contribution >= 0.6 is 0 Å². The predicted molar refractivity (Wildman–Crippen MR) is 84.2 cm³/mol. The summed E-state index contributed by atoms with van der Waals surface area (Å²) in [5.74, 6) is 1.68. The fraction of sp³-hybridized carbons (Fsp3) is 0.118. The van der Waals surface area contributed by atoms with Gasteiger partial charge in [-0.25, -0.2) is 0 Å². The van der Waals surface area contributed by atoms with Crippen molar-refractivity contribution >= 4 is 32.4 Å². The second-order valence-corrected chi connectivity index (χ2v) is 4.97. The number of aromatic amines is 1. The molecule has 0 aliphatic carbocycles. The first-order valence-electron chi connectivity index (χ1n) is 6.73. The molecule has 3 aromatic carbocycles. The van der Waals surface area contributed by atoms with Crippen LogP contribution < -0.4 is 9.47 Å². The lowest BCUT2D eigenvalue weighted by Crippen LogP contribution is -1.87. The molecule has 4 heteroatoms. The first kappa shape index (κ1) is 12.0. The number of fused-ring (bicyclic) bond motifs is 6. The van der Waals surface area contributed by atoms with Gasteiger partial charge in [0, 0.05) is 17.0 Å². The lowest BCUT2D eigenvalue weighted by molar-refractivity contribution is 0.415. The van der Waals surface area contributed by atoms with Gasteiger partial charge in [-0.05, 0) is 52.6 Å². The summed E-state index contributed by atoms with van der Waals surface area (Å²) < 4.78 is 10.7. The number of ether oxygens (including phenoxy) is 2. The molecule has 21 heavy (non-hydrogen) atoms. The highest BCUT2D eigenvalue weighted by Gasteiger charge is 2.12. The lowest BCUT2D eigenvalue weighted by atomic mass is 9.98. The zero-order valence-corrected chi connectivity index (χ0v) is 11.8. The van der Waals surface area contributed by atoms with Crippen LogP contribution in [-0.4, -0.2) is 24.4 Å². The predicted octanol–water partition coefficient (Wildman–Crippen LogP) is 3.89. The minimum atomic E-state index is 0.835. The summed E-state index contributed by atoms with van der Waals surface area (Å²) in [5, 5.41) is 13.0. The quantitative estimate of drug-likeness (QED) is 0.566. The summed E-state index contributed by atoms with van der Waals surface area (Å²) in [4.78, 5) is 0. The Kier molecular flexibility index (Phi) is 2.51. The van der Waals surface area contributed by atoms with Crippen molar-refractivity contribution in [2.24, 2.45) is 0 Å². The number of nitrogens with one attached hydrogen (secondary N) is 1. The number of hydrogen-bond donors (Lipinski definition) is 1. The lowest BCUT2D eigenvalue weighted by Gasteiger charge is -2.09. The van der Waals surface area contributed by atoms with E-state index in [0.717, 1.165) is 43.9 Å². The minimum absolute atomic E-state index is 0.835. The molecule has 4 aromatic rings. The number of benzene rings is 3. The summed E-state index contributed by atoms with van der Waals surface area (Å²) in [6.07, 6.45) is 1.94. The molecule has 0 fully saturated rings. The van der Waals surface area contributed by atoms with Crippen molar-refractivity contribution in [2.75, 3.05) is 14.2 Å². The van der Waals surface area contributed by atoms with Gasteiger partial charge in [-0.1, -0.05) is 0 Å². The van der Waals surface area contributed by atoms with E-state index in [1.54, 1.807) is 14.2 Å². The molecular formula is C17H14N2O2. The van der Waals surface area contributed by atoms with Crippen LogP contribution in [0.25, 0.3) is 32.4 Å². The van der Waals surface area contributed by atoms with Gasteiger partial charge in [0.15, 0.2) is 0 Å². The Morgan fingerprint density at radius 3 is 2.05 bits per heavy atom. The van der Waals surface area contributed by atoms with E-state index in [2.05, 4.69) is 28.4 Å². The van der Waals surface area contributed by atoms with Gasteiger partial charge >= 0.3 is 0 Å². The maximum absolute atomic E-state index is 5.37. The molecule has 0 saturated heterocycles. The number of aromatic nitrogens is 2. The average Bonchev–Trinajstić information content (AvgIpc) is 3.03. The number of nitrogens with zero attached hydrogens (tertiary/aromatic N) is 1. The summed E-state index contributed by atoms with van der Waals surface area (Å²) in [7, 11) is 3.36. The van der Waals surface area contributed by atoms with Gasteiger partial charge in [0.2, 0.25) is 0 Å². The van der Waals surface area contributed by atoms with Gasteiger partial charge in [-0.3, -0.25) is 5.10 Å². The Hall–Kier alpha value is -2.75. The largest absolute Gasteiger partial charge is 0.497 e. The molecule has 0 unspecified atom stereocenters. The van der Waals surface area contributed by atoms with Gasteiger partial charge in [-0.15, -0.1) is 0 Å². The van der Waals surface area contributed by atoms with Crippen molar-refractivity contribution in [1.82, 2.24) is 10.2 Å². The van der Waals surface area contributed by atoms with Crippen molar-refractivity contribution in [2.45, 2.75) is 0 Å². The SMILES string of the molecule is COc1ccc2c(c1)c1cc(OC)ccc1c1n[nH]cc21. The third-order valence-electron chi connectivity index (χ3n) is 3.93. The van der Waals surface area contributed by atoms with Crippen molar-refractivity contribution in [3.8, 4) is 11.5 Å². The van der Waals surface area contributed by atoms with Crippen LogP contribution in [0.1, 0.15) is 0 Å². The molecule has 0 atom stereocenters. The Morgan fingerprint density at radius 2 is 1.38 bits per heavy atom. The molecule has 4 rings (SSSR count). The molecule has 0 aliphatic heterocycles. The fourth-order valence-electron chi connectivity index (χ4n) is 2.89. The molecule has 1 N–H and O–H groups in total. The van der Waals surface area contributed by atoms with Crippen molar-refractivity contribution in [3.05, 3.63) is 42.6 Å². The van der Waals surface area contributed by atoms with E-state index in [0.29, 0.717) is 0 Å². The highest BCUT2D eigenvalue weighted by atomic mass is 16.5. The monoisotopic (exact) mass is 278 g/mol. The summed E-state index contributed by atoms with van der Waals surface area (Å²) in [5.41, 5.74) is 0.977. The zero-order chi connectivity index (χ0) is 14.4. The van der Waals surface area contributed by atoms with Crippen LogP contribution in [-0.2, 0) is 0 Å². The van der Waals surface area contributed by atoms with Gasteiger partial charge in [0.05, 0.1) is 14.2 Å². The van der Waals surface area contributed by atoms with Gasteiger partial charge < -0.3 is 9.47 Å². The van der Waals surface area contributed by atoms with Crippen LogP contribution in [0.3, 0.4) is 0 Å². The van der Waals surface area contributed by atoms with E-state index in [4.69, 9.17) is 9.47 Å². The van der Waals surface area contributed by atoms with Crippen molar-refractivity contribution < 1.29 is 9.47 Å². The van der Waals surface area contributed by atoms with E-state index in [-0.39, 0.29) is 0 Å². The zero-order valence-electron chi connectivity index (χ0n) is 11.8. The molecule has 0 bridgehead atoms. The van der Waals surface area contributed by atoms with Crippen molar-refractivity contribution in [1.29, 1.82) is 0 Å². The summed E-state index contributed by atoms with van der Waals surface area (Å²) in [6, 6.07) is 12.2. The van der Waals surface area contributed by atoms with Crippen LogP contribution in [0.15, 0.2) is 42.6 Å². The third-order valence-corrected chi connectivity index (χ3v) is 3.93. The van der Waals surface area contributed by atoms with E-state index >= 15 is 0 Å². The van der Waals surface area contributed by atoms with Crippen LogP contribution in [0, 0.1) is 0 Å². The standard InChI is InChI=1S/C17H14N2O2/c1-20-10-3-5-12-14(7-10)15-8-11(21-2)4-6-13(15)17-16(12)9-18-19-17/h3-9H,1-2H3,(H,18,19). The molecule has 0 aliphatic rings. The molecule has 1 aromatic heterocycles. The summed E-state index contributed by atoms with van der Waals surface area (Å²) >= 11 is 0. The van der Waals surface area contributed by atoms with Gasteiger partial charge in [-0.2, -0.15) is 5.10 Å². The van der Waals surface area contributed by atoms with E-state index in [1.165, 1.54) is 0 Å². The molecule has 4 nitrogen and oxygen atoms in total. The summed E-state index contributed by atoms with van der Waals surface area (Å²) in [6.45, 7) is 0. The normalized spacial score (nSPS) is 11.3.